The van der Waals surface area contributed by atoms with Crippen LogP contribution >= 0.6 is 0 Å². The molecule has 0 spiro atoms. The van der Waals surface area contributed by atoms with Crippen LogP contribution < -0.4 is 0 Å². The minimum Gasteiger partial charge on any atom is -0.320 e. The van der Waals surface area contributed by atoms with Gasteiger partial charge in [-0.1, -0.05) is 55.4 Å². The molecule has 0 aromatic heterocycles. The second-order valence-electron chi connectivity index (χ2n) is 12.9. The Morgan fingerprint density at radius 3 is 1.00 bits per heavy atom. The van der Waals surface area contributed by atoms with Crippen LogP contribution in [-0.4, -0.2) is 94.2 Å². The summed E-state index contributed by atoms with van der Waals surface area (Å²) in [6, 6.07) is -0.117. The number of halogens is 3. The van der Waals surface area contributed by atoms with Crippen LogP contribution in [0, 0.1) is 0 Å². The summed E-state index contributed by atoms with van der Waals surface area (Å²) in [5.41, 5.74) is 0. The number of nitrogens with zero attached hydrogens (tertiary/aromatic N) is 5. The molecule has 0 saturated carbocycles. The molecule has 1 aliphatic heterocycles. The maximum atomic E-state index is 16.9. The molecule has 0 aromatic rings. The third-order valence-electron chi connectivity index (χ3n) is 7.29. The highest BCUT2D eigenvalue weighted by atomic mass is 28.5. The number of hydrogen-bond donors (Lipinski definition) is 0. The summed E-state index contributed by atoms with van der Waals surface area (Å²) >= 11 is 0. The number of hydrogen-bond acceptors (Lipinski definition) is 5. The first-order valence-electron chi connectivity index (χ1n) is 12.9. The molecule has 0 aromatic carbocycles. The molecule has 1 saturated heterocycles. The topological polar surface area (TPSA) is 16.2 Å². The van der Waals surface area contributed by atoms with E-state index in [1.807, 2.05) is 73.3 Å². The molecule has 0 aliphatic carbocycles. The Balaban J connectivity index is 3.96. The third-order valence-corrected chi connectivity index (χ3v) is 32.4. The van der Waals surface area contributed by atoms with Crippen molar-refractivity contribution in [2.24, 2.45) is 0 Å². The van der Waals surface area contributed by atoms with Crippen molar-refractivity contribution in [2.75, 3.05) is 0 Å². The van der Waals surface area contributed by atoms with Gasteiger partial charge in [-0.2, -0.15) is 0 Å². The molecule has 1 heterocycles. The van der Waals surface area contributed by atoms with Gasteiger partial charge in [0.15, 0.2) is 25.2 Å². The zero-order chi connectivity index (χ0) is 27.4. The molecule has 0 radical (unpaired) electrons. The summed E-state index contributed by atoms with van der Waals surface area (Å²) in [5.74, 6) is 0. The van der Waals surface area contributed by atoms with E-state index in [1.54, 1.807) is 13.1 Å². The van der Waals surface area contributed by atoms with Gasteiger partial charge in [0.1, 0.15) is 0 Å². The van der Waals surface area contributed by atoms with E-state index < -0.39 is 48.3 Å². The van der Waals surface area contributed by atoms with Gasteiger partial charge in [-0.15, -0.1) is 0 Å². The lowest BCUT2D eigenvalue weighted by molar-refractivity contribution is 0.259. The SMILES string of the molecule is CC(C)N(B(F)N1[Si](C)(C)N(B(F)N(C(C)C)C(C)C)[Si](C)(C)N([Si](C)(C)F)[Si]1(C)C)C(C)C. The quantitative estimate of drug-likeness (QED) is 0.263. The van der Waals surface area contributed by atoms with Gasteiger partial charge in [-0.25, -0.2) is 0 Å². The third kappa shape index (κ3) is 5.84. The first kappa shape index (κ1) is 32.6. The summed E-state index contributed by atoms with van der Waals surface area (Å²) in [6.07, 6.45) is 0. The van der Waals surface area contributed by atoms with Crippen molar-refractivity contribution in [1.82, 2.24) is 21.8 Å². The molecular formula is C20H52B2F3N5Si4. The maximum absolute atomic E-state index is 16.9. The van der Waals surface area contributed by atoms with Crippen LogP contribution in [0.15, 0.2) is 0 Å². The molecule has 14 heteroatoms. The van der Waals surface area contributed by atoms with Crippen molar-refractivity contribution in [3.8, 4) is 0 Å². The average Bonchev–Trinajstić information content (AvgIpc) is 2.47. The van der Waals surface area contributed by atoms with Crippen LogP contribution in [0.5, 0.6) is 0 Å². The molecule has 0 bridgehead atoms. The Bertz CT molecular complexity index is 632. The summed E-state index contributed by atoms with van der Waals surface area (Å²) in [4.78, 5) is 3.73. The van der Waals surface area contributed by atoms with E-state index in [4.69, 9.17) is 0 Å². The summed E-state index contributed by atoms with van der Waals surface area (Å²) in [5, 5.41) is 0. The van der Waals surface area contributed by atoms with Crippen LogP contribution in [0.1, 0.15) is 55.4 Å². The van der Waals surface area contributed by atoms with E-state index in [2.05, 4.69) is 43.2 Å². The molecule has 0 N–H and O–H groups in total. The highest BCUT2D eigenvalue weighted by molar-refractivity contribution is 7.16. The van der Waals surface area contributed by atoms with Gasteiger partial charge in [0.05, 0.1) is 0 Å². The van der Waals surface area contributed by atoms with Gasteiger partial charge < -0.3 is 12.2 Å². The van der Waals surface area contributed by atoms with E-state index >= 15 is 12.7 Å². The van der Waals surface area contributed by atoms with E-state index in [-0.39, 0.29) is 24.2 Å². The molecule has 34 heavy (non-hydrogen) atoms. The molecule has 5 nitrogen and oxygen atoms in total. The standard InChI is InChI=1S/C20H52B2F3N5Si4/c1-17(2)26(18(3)4)21(23)28-32(11,12)29(22(24)27(19(5)6)20(7)8)34(15,16)30(31(9,10)25)33(28,13)14/h17-20H,1-16H3. The predicted octanol–water partition coefficient (Wildman–Crippen LogP) is 5.83. The van der Waals surface area contributed by atoms with E-state index in [0.717, 1.165) is 0 Å². The zero-order valence-corrected chi connectivity index (χ0v) is 28.8. The van der Waals surface area contributed by atoms with Crippen molar-refractivity contribution < 1.29 is 12.7 Å². The predicted molar refractivity (Wildman–Crippen MR) is 154 cm³/mol. The fraction of sp³-hybridized carbons (Fsp3) is 1.00. The van der Waals surface area contributed by atoms with Gasteiger partial charge in [0.25, 0.3) is 0 Å². The molecule has 0 atom stereocenters. The first-order chi connectivity index (χ1) is 15.0. The highest BCUT2D eigenvalue weighted by Gasteiger charge is 2.70. The van der Waals surface area contributed by atoms with Gasteiger partial charge in [0, 0.05) is 0 Å². The fourth-order valence-corrected chi connectivity index (χ4v) is 40.9. The Morgan fingerprint density at radius 2 is 0.824 bits per heavy atom. The molecule has 1 rings (SSSR count). The molecular weight excluding hydrogens is 501 g/mol. The lowest BCUT2D eigenvalue weighted by Crippen LogP contribution is -2.96. The normalized spacial score (nSPS) is 22.1. The maximum Gasteiger partial charge on any atom is 0.509 e. The summed E-state index contributed by atoms with van der Waals surface area (Å²) in [6.45, 7) is 31.9. The second-order valence-corrected chi connectivity index (χ2v) is 30.1. The minimum atomic E-state index is -3.42. The Labute approximate surface area is 214 Å². The molecule has 1 aliphatic rings. The van der Waals surface area contributed by atoms with Crippen LogP contribution in [0.4, 0.5) is 12.7 Å². The van der Waals surface area contributed by atoms with Crippen molar-refractivity contribution in [2.45, 2.75) is 132 Å². The van der Waals surface area contributed by atoms with Crippen molar-refractivity contribution in [3.63, 3.8) is 0 Å². The van der Waals surface area contributed by atoms with E-state index in [0.29, 0.717) is 0 Å². The largest absolute Gasteiger partial charge is 0.509 e. The zero-order valence-electron chi connectivity index (χ0n) is 24.8. The highest BCUT2D eigenvalue weighted by Crippen LogP contribution is 2.44. The van der Waals surface area contributed by atoms with Crippen LogP contribution in [-0.2, 0) is 0 Å². The van der Waals surface area contributed by atoms with E-state index in [9.17, 15) is 0 Å². The van der Waals surface area contributed by atoms with E-state index in [1.165, 1.54) is 0 Å². The Hall–Kier alpha value is 0.587. The monoisotopic (exact) mass is 553 g/mol. The lowest BCUT2D eigenvalue weighted by Gasteiger charge is -2.70. The van der Waals surface area contributed by atoms with Crippen LogP contribution in [0.3, 0.4) is 0 Å². The van der Waals surface area contributed by atoms with Gasteiger partial charge >= 0.3 is 23.1 Å². The Morgan fingerprint density at radius 1 is 0.588 bits per heavy atom. The minimum absolute atomic E-state index is 0.0293. The fourth-order valence-electron chi connectivity index (χ4n) is 7.13. The molecule has 1 fully saturated rings. The molecule has 200 valence electrons. The van der Waals surface area contributed by atoms with Crippen molar-refractivity contribution >= 4 is 48.3 Å². The van der Waals surface area contributed by atoms with Crippen molar-refractivity contribution in [1.29, 1.82) is 0 Å². The second kappa shape index (κ2) is 10.8. The average molecular weight is 554 g/mol. The smallest absolute Gasteiger partial charge is 0.320 e. The summed E-state index contributed by atoms with van der Waals surface area (Å²) < 4.78 is 56.0. The van der Waals surface area contributed by atoms with Crippen LogP contribution in [0.2, 0.25) is 52.4 Å². The van der Waals surface area contributed by atoms with Gasteiger partial charge in [0.2, 0.25) is 0 Å². The summed E-state index contributed by atoms with van der Waals surface area (Å²) in [7, 11) is -14.7. The van der Waals surface area contributed by atoms with Gasteiger partial charge in [-0.3, -0.25) is 22.4 Å². The first-order valence-corrected chi connectivity index (χ1v) is 24.4. The lowest BCUT2D eigenvalue weighted by atomic mass is 9.97. The Kier molecular flexibility index (Phi) is 10.3. The van der Waals surface area contributed by atoms with Crippen LogP contribution in [0.25, 0.3) is 0 Å². The van der Waals surface area contributed by atoms with Crippen molar-refractivity contribution in [3.05, 3.63) is 0 Å². The van der Waals surface area contributed by atoms with Gasteiger partial charge in [-0.05, 0) is 76.5 Å². The molecule has 0 amide bonds. The number of rotatable bonds is 9. The molecule has 0 unspecified atom stereocenters.